The second-order valence-electron chi connectivity index (χ2n) is 17.7. The summed E-state index contributed by atoms with van der Waals surface area (Å²) in [4.78, 5) is 8.29. The molecule has 0 aliphatic heterocycles. The molecule has 358 valence electrons. The van der Waals surface area contributed by atoms with E-state index in [1.54, 1.807) is 95.6 Å². The molecule has 0 saturated heterocycles. The normalized spacial score (nSPS) is 12.8. The molecular formula is C63H46O4S6. The third kappa shape index (κ3) is 9.64. The summed E-state index contributed by atoms with van der Waals surface area (Å²) in [7, 11) is -7.36. The topological polar surface area (TPSA) is 68.3 Å². The smallest absolute Gasteiger partial charge is 0.206 e. The predicted molar refractivity (Wildman–Crippen MR) is 301 cm³/mol. The number of sulfone groups is 2. The molecule has 11 rings (SSSR count). The maximum absolute atomic E-state index is 13.8. The molecular weight excluding hydrogens is 1010 g/mol. The van der Waals surface area contributed by atoms with E-state index >= 15 is 0 Å². The minimum atomic E-state index is -3.73. The Morgan fingerprint density at radius 2 is 0.589 bits per heavy atom. The molecule has 0 unspecified atom stereocenters. The molecule has 0 N–H and O–H groups in total. The molecule has 0 amide bonds. The standard InChI is InChI=1S/C63H46O4S6/c1-43-11-35-55(36-12-43)72(64,65)56-37-31-53(32-38-56)70-50-25-17-46(18-26-50)63(61-9-5-3-7-59(61)60-8-4-6-10-62(60)63)47-19-27-51(28-20-47)71-54-33-41-58(42-34-54)73(66,67)57-39-29-52(30-40-57)69-49-23-15-45(16-24-49)44-13-21-48(68-2)22-14-44/h3-42H,1-2H3. The summed E-state index contributed by atoms with van der Waals surface area (Å²) in [5.41, 5.74) is 9.85. The Morgan fingerprint density at radius 1 is 0.315 bits per heavy atom. The van der Waals surface area contributed by atoms with Crippen molar-refractivity contribution in [2.45, 2.75) is 66.2 Å². The Morgan fingerprint density at radius 3 is 0.918 bits per heavy atom. The van der Waals surface area contributed by atoms with E-state index in [4.69, 9.17) is 0 Å². The van der Waals surface area contributed by atoms with Crippen molar-refractivity contribution in [2.75, 3.05) is 6.26 Å². The quantitative estimate of drug-likeness (QED) is 0.0998. The van der Waals surface area contributed by atoms with Crippen LogP contribution in [0.5, 0.6) is 0 Å². The van der Waals surface area contributed by atoms with Crippen molar-refractivity contribution in [3.63, 3.8) is 0 Å². The van der Waals surface area contributed by atoms with Crippen molar-refractivity contribution in [1.29, 1.82) is 0 Å². The molecule has 0 atom stereocenters. The van der Waals surface area contributed by atoms with Crippen LogP contribution < -0.4 is 0 Å². The van der Waals surface area contributed by atoms with Crippen LogP contribution >= 0.6 is 47.0 Å². The van der Waals surface area contributed by atoms with Crippen molar-refractivity contribution < 1.29 is 16.8 Å². The maximum Gasteiger partial charge on any atom is 0.206 e. The molecule has 0 spiro atoms. The molecule has 0 heterocycles. The average molecular weight is 1060 g/mol. The van der Waals surface area contributed by atoms with Gasteiger partial charge in [-0.25, -0.2) is 16.8 Å². The summed E-state index contributed by atoms with van der Waals surface area (Å²) >= 11 is 6.52. The van der Waals surface area contributed by atoms with E-state index in [2.05, 4.69) is 152 Å². The lowest BCUT2D eigenvalue weighted by Crippen LogP contribution is -2.28. The minimum Gasteiger partial charge on any atom is -0.219 e. The van der Waals surface area contributed by atoms with Crippen molar-refractivity contribution in [3.05, 3.63) is 270 Å². The molecule has 10 heteroatoms. The highest BCUT2D eigenvalue weighted by atomic mass is 32.2. The zero-order valence-corrected chi connectivity index (χ0v) is 44.6. The van der Waals surface area contributed by atoms with Gasteiger partial charge in [-0.05, 0) is 191 Å². The van der Waals surface area contributed by atoms with Crippen LogP contribution in [-0.2, 0) is 25.1 Å². The fraction of sp³-hybridized carbons (Fsp3) is 0.0476. The first-order valence-corrected chi connectivity index (χ1v) is 30.2. The molecule has 10 aromatic carbocycles. The van der Waals surface area contributed by atoms with Crippen molar-refractivity contribution in [3.8, 4) is 22.3 Å². The summed E-state index contributed by atoms with van der Waals surface area (Å²) in [5.74, 6) is 0. The van der Waals surface area contributed by atoms with Gasteiger partial charge in [-0.15, -0.1) is 11.8 Å². The number of benzene rings is 10. The van der Waals surface area contributed by atoms with Crippen LogP contribution in [0.4, 0.5) is 0 Å². The Balaban J connectivity index is 0.800. The first-order valence-electron chi connectivity index (χ1n) is 23.5. The molecule has 0 aromatic heterocycles. The van der Waals surface area contributed by atoms with Crippen LogP contribution in [0.15, 0.2) is 297 Å². The first kappa shape index (κ1) is 48.8. The fourth-order valence-corrected chi connectivity index (χ4v) is 14.9. The molecule has 0 saturated carbocycles. The second kappa shape index (κ2) is 20.4. The molecule has 4 nitrogen and oxygen atoms in total. The predicted octanol–water partition coefficient (Wildman–Crippen LogP) is 16.9. The molecule has 1 aliphatic carbocycles. The number of thioether (sulfide) groups is 1. The maximum atomic E-state index is 13.8. The molecule has 0 bridgehead atoms. The lowest BCUT2D eigenvalue weighted by molar-refractivity contribution is 0.594. The molecule has 0 radical (unpaired) electrons. The monoisotopic (exact) mass is 1060 g/mol. The number of aryl methyl sites for hydroxylation is 1. The Hall–Kier alpha value is -6.50. The van der Waals surface area contributed by atoms with Gasteiger partial charge in [-0.2, -0.15) is 0 Å². The zero-order chi connectivity index (χ0) is 50.2. The van der Waals surface area contributed by atoms with Crippen LogP contribution in [0.1, 0.15) is 27.8 Å². The van der Waals surface area contributed by atoms with Gasteiger partial charge in [-0.1, -0.05) is 150 Å². The third-order valence-corrected chi connectivity index (χ3v) is 20.6. The average Bonchev–Trinajstić information content (AvgIpc) is 3.73. The van der Waals surface area contributed by atoms with Gasteiger partial charge in [0.1, 0.15) is 0 Å². The fourth-order valence-electron chi connectivity index (χ4n) is 9.53. The van der Waals surface area contributed by atoms with Crippen LogP contribution in [-0.4, -0.2) is 23.1 Å². The lowest BCUT2D eigenvalue weighted by Gasteiger charge is -2.34. The van der Waals surface area contributed by atoms with Gasteiger partial charge in [0, 0.05) is 34.3 Å². The second-order valence-corrected chi connectivity index (χ2v) is 25.9. The van der Waals surface area contributed by atoms with E-state index in [1.165, 1.54) is 32.7 Å². The van der Waals surface area contributed by atoms with Gasteiger partial charge in [-0.3, -0.25) is 0 Å². The highest BCUT2D eigenvalue weighted by molar-refractivity contribution is 8.00. The molecule has 0 fully saturated rings. The van der Waals surface area contributed by atoms with Crippen molar-refractivity contribution in [1.82, 2.24) is 0 Å². The summed E-state index contributed by atoms with van der Waals surface area (Å²) in [6, 6.07) is 80.1. The molecule has 1 aliphatic rings. The van der Waals surface area contributed by atoms with Gasteiger partial charge < -0.3 is 0 Å². The number of hydrogen-bond acceptors (Lipinski definition) is 8. The highest BCUT2D eigenvalue weighted by Gasteiger charge is 2.45. The van der Waals surface area contributed by atoms with E-state index in [9.17, 15) is 16.8 Å². The Labute approximate surface area is 445 Å². The highest BCUT2D eigenvalue weighted by Crippen LogP contribution is 2.56. The Bertz CT molecular complexity index is 3780. The summed E-state index contributed by atoms with van der Waals surface area (Å²) < 4.78 is 54.3. The number of fused-ring (bicyclic) bond motifs is 3. The van der Waals surface area contributed by atoms with Gasteiger partial charge in [0.05, 0.1) is 25.0 Å². The van der Waals surface area contributed by atoms with Gasteiger partial charge in [0.15, 0.2) is 0 Å². The lowest BCUT2D eigenvalue weighted by atomic mass is 9.68. The zero-order valence-electron chi connectivity index (χ0n) is 39.7. The van der Waals surface area contributed by atoms with Gasteiger partial charge in [0.2, 0.25) is 19.7 Å². The number of hydrogen-bond donors (Lipinski definition) is 0. The van der Waals surface area contributed by atoms with E-state index in [1.807, 2.05) is 55.5 Å². The minimum absolute atomic E-state index is 0.251. The van der Waals surface area contributed by atoms with E-state index in [0.717, 1.165) is 51.6 Å². The Kier molecular flexibility index (Phi) is 13.6. The van der Waals surface area contributed by atoms with Gasteiger partial charge >= 0.3 is 0 Å². The molecule has 10 aromatic rings. The summed E-state index contributed by atoms with van der Waals surface area (Å²) in [5, 5.41) is 0. The van der Waals surface area contributed by atoms with Crippen molar-refractivity contribution in [2.24, 2.45) is 0 Å². The van der Waals surface area contributed by atoms with E-state index < -0.39 is 25.1 Å². The van der Waals surface area contributed by atoms with E-state index in [0.29, 0.717) is 0 Å². The SMILES string of the molecule is CSc1ccc(-c2ccc(Sc3ccc(S(=O)(=O)c4ccc(Sc5ccc(C6(c7ccc(Sc8ccc(S(=O)(=O)c9ccc(C)cc9)cc8)cc7)c7ccccc7-c7ccccc76)cc5)cc4)cc3)cc2)cc1. The molecule has 73 heavy (non-hydrogen) atoms. The largest absolute Gasteiger partial charge is 0.219 e. The first-order chi connectivity index (χ1) is 35.5. The van der Waals surface area contributed by atoms with Crippen LogP contribution in [0.2, 0.25) is 0 Å². The van der Waals surface area contributed by atoms with Crippen LogP contribution in [0, 0.1) is 6.92 Å². The van der Waals surface area contributed by atoms with Crippen LogP contribution in [0.3, 0.4) is 0 Å². The third-order valence-electron chi connectivity index (χ3n) is 13.2. The van der Waals surface area contributed by atoms with E-state index in [-0.39, 0.29) is 19.6 Å². The summed E-state index contributed by atoms with van der Waals surface area (Å²) in [6.07, 6.45) is 2.07. The van der Waals surface area contributed by atoms with Gasteiger partial charge in [0.25, 0.3) is 0 Å². The number of rotatable bonds is 14. The summed E-state index contributed by atoms with van der Waals surface area (Å²) in [6.45, 7) is 1.94. The van der Waals surface area contributed by atoms with Crippen molar-refractivity contribution >= 4 is 66.7 Å². The van der Waals surface area contributed by atoms with Crippen LogP contribution in [0.25, 0.3) is 22.3 Å².